The van der Waals surface area contributed by atoms with Gasteiger partial charge in [0, 0.05) is 11.8 Å². The van der Waals surface area contributed by atoms with Gasteiger partial charge >= 0.3 is 0 Å². The fourth-order valence-corrected chi connectivity index (χ4v) is 1.48. The third-order valence-corrected chi connectivity index (χ3v) is 2.54. The molecule has 1 N–H and O–H groups in total. The van der Waals surface area contributed by atoms with E-state index in [2.05, 4.69) is 13.5 Å². The molecular weight excluding hydrogens is 168 g/mol. The van der Waals surface area contributed by atoms with Crippen molar-refractivity contribution in [2.24, 2.45) is 5.41 Å². The maximum atomic E-state index is 8.55. The van der Waals surface area contributed by atoms with Gasteiger partial charge in [0.05, 0.1) is 25.6 Å². The van der Waals surface area contributed by atoms with E-state index in [9.17, 15) is 0 Å². The number of hydrogen-bond acceptors (Lipinski definition) is 3. The van der Waals surface area contributed by atoms with Gasteiger partial charge in [-0.05, 0) is 6.42 Å². The minimum atomic E-state index is 0.0502. The first-order valence-corrected chi connectivity index (χ1v) is 4.71. The minimum Gasteiger partial charge on any atom is -0.496 e. The van der Waals surface area contributed by atoms with Gasteiger partial charge in [-0.25, -0.2) is 0 Å². The van der Waals surface area contributed by atoms with Crippen LogP contribution in [0.4, 0.5) is 0 Å². The Hall–Kier alpha value is -0.540. The number of rotatable bonds is 6. The van der Waals surface area contributed by atoms with Gasteiger partial charge in [0.15, 0.2) is 0 Å². The third kappa shape index (κ3) is 2.71. The lowest BCUT2D eigenvalue weighted by Gasteiger charge is -2.41. The summed E-state index contributed by atoms with van der Waals surface area (Å²) in [5.74, 6) is 0.763. The molecule has 3 nitrogen and oxygen atoms in total. The first-order valence-electron chi connectivity index (χ1n) is 4.71. The lowest BCUT2D eigenvalue weighted by Crippen LogP contribution is -2.42. The molecule has 0 aromatic carbocycles. The first kappa shape index (κ1) is 10.5. The van der Waals surface area contributed by atoms with Crippen molar-refractivity contribution >= 4 is 0 Å². The van der Waals surface area contributed by atoms with Crippen molar-refractivity contribution in [1.82, 2.24) is 0 Å². The van der Waals surface area contributed by atoms with Crippen molar-refractivity contribution in [2.75, 3.05) is 26.4 Å². The molecule has 1 heterocycles. The zero-order valence-corrected chi connectivity index (χ0v) is 8.21. The van der Waals surface area contributed by atoms with Crippen molar-refractivity contribution in [3.05, 3.63) is 12.3 Å². The summed E-state index contributed by atoms with van der Waals surface area (Å²) in [6, 6.07) is 0. The van der Waals surface area contributed by atoms with Crippen LogP contribution in [0.25, 0.3) is 0 Å². The van der Waals surface area contributed by atoms with Gasteiger partial charge in [0.1, 0.15) is 6.61 Å². The Balaban J connectivity index is 2.25. The summed E-state index contributed by atoms with van der Waals surface area (Å²) in [7, 11) is 0. The van der Waals surface area contributed by atoms with Crippen molar-refractivity contribution in [3.63, 3.8) is 0 Å². The molecule has 1 rings (SSSR count). The number of ether oxygens (including phenoxy) is 2. The molecule has 0 atom stereocenters. The van der Waals surface area contributed by atoms with Crippen molar-refractivity contribution < 1.29 is 14.6 Å². The van der Waals surface area contributed by atoms with Crippen LogP contribution in [0.5, 0.6) is 0 Å². The third-order valence-electron chi connectivity index (χ3n) is 2.54. The van der Waals surface area contributed by atoms with Crippen LogP contribution in [-0.4, -0.2) is 31.5 Å². The molecule has 1 aliphatic heterocycles. The van der Waals surface area contributed by atoms with E-state index in [1.165, 1.54) is 0 Å². The van der Waals surface area contributed by atoms with Crippen LogP contribution in [0.2, 0.25) is 0 Å². The monoisotopic (exact) mass is 186 g/mol. The van der Waals surface area contributed by atoms with E-state index >= 15 is 0 Å². The summed E-state index contributed by atoms with van der Waals surface area (Å²) < 4.78 is 10.4. The Morgan fingerprint density at radius 1 is 1.62 bits per heavy atom. The number of aliphatic hydroxyl groups excluding tert-OH is 1. The van der Waals surface area contributed by atoms with Gasteiger partial charge in [0.2, 0.25) is 0 Å². The van der Waals surface area contributed by atoms with Crippen LogP contribution in [0.1, 0.15) is 19.8 Å². The molecule has 1 fully saturated rings. The smallest absolute Gasteiger partial charge is 0.111 e. The molecule has 3 heteroatoms. The summed E-state index contributed by atoms with van der Waals surface area (Å²) in [5.41, 5.74) is 0.256. The van der Waals surface area contributed by atoms with Crippen LogP contribution in [0, 0.1) is 5.41 Å². The molecule has 0 aromatic rings. The first-order chi connectivity index (χ1) is 6.22. The molecule has 1 saturated heterocycles. The van der Waals surface area contributed by atoms with Crippen LogP contribution in [-0.2, 0) is 9.47 Å². The fourth-order valence-electron chi connectivity index (χ4n) is 1.48. The average molecular weight is 186 g/mol. The molecule has 0 bridgehead atoms. The van der Waals surface area contributed by atoms with Crippen LogP contribution in [0.3, 0.4) is 0 Å². The normalized spacial score (nSPS) is 19.2. The summed E-state index contributed by atoms with van der Waals surface area (Å²) >= 11 is 0. The lowest BCUT2D eigenvalue weighted by atomic mass is 9.79. The molecule has 1 aliphatic rings. The van der Waals surface area contributed by atoms with E-state index in [0.29, 0.717) is 6.61 Å². The Labute approximate surface area is 79.3 Å². The Kier molecular flexibility index (Phi) is 3.75. The highest BCUT2D eigenvalue weighted by Gasteiger charge is 2.37. The zero-order valence-electron chi connectivity index (χ0n) is 8.21. The molecule has 76 valence electrons. The topological polar surface area (TPSA) is 38.7 Å². The molecule has 0 radical (unpaired) electrons. The lowest BCUT2D eigenvalue weighted by molar-refractivity contribution is -0.119. The van der Waals surface area contributed by atoms with Crippen LogP contribution < -0.4 is 0 Å². The minimum absolute atomic E-state index is 0.0502. The summed E-state index contributed by atoms with van der Waals surface area (Å²) in [5, 5.41) is 8.55. The second-order valence-corrected chi connectivity index (χ2v) is 3.63. The average Bonchev–Trinajstić information content (AvgIpc) is 2.08. The molecule has 0 saturated carbocycles. The second kappa shape index (κ2) is 4.63. The predicted molar refractivity (Wildman–Crippen MR) is 50.3 cm³/mol. The fraction of sp³-hybridized carbons (Fsp3) is 0.800. The summed E-state index contributed by atoms with van der Waals surface area (Å²) in [6.45, 7) is 7.99. The standard InChI is InChI=1S/C10H18O3/c1-3-10(7-12-8-10)6-9(2)13-5-4-11/h11H,2-8H2,1H3. The van der Waals surface area contributed by atoms with Crippen molar-refractivity contribution in [1.29, 1.82) is 0 Å². The zero-order chi connectivity index (χ0) is 9.73. The van der Waals surface area contributed by atoms with Crippen LogP contribution in [0.15, 0.2) is 12.3 Å². The van der Waals surface area contributed by atoms with E-state index in [1.807, 2.05) is 0 Å². The molecule has 0 spiro atoms. The molecular formula is C10H18O3. The Bertz CT molecular complexity index is 167. The maximum Gasteiger partial charge on any atom is 0.111 e. The van der Waals surface area contributed by atoms with E-state index in [0.717, 1.165) is 31.8 Å². The number of allylic oxidation sites excluding steroid dienone is 1. The van der Waals surface area contributed by atoms with E-state index in [4.69, 9.17) is 14.6 Å². The van der Waals surface area contributed by atoms with Crippen LogP contribution >= 0.6 is 0 Å². The SMILES string of the molecule is C=C(CC1(CC)COC1)OCCO. The quantitative estimate of drug-likeness (QED) is 0.636. The summed E-state index contributed by atoms with van der Waals surface area (Å²) in [4.78, 5) is 0. The Morgan fingerprint density at radius 3 is 2.69 bits per heavy atom. The second-order valence-electron chi connectivity index (χ2n) is 3.63. The van der Waals surface area contributed by atoms with Gasteiger partial charge < -0.3 is 14.6 Å². The van der Waals surface area contributed by atoms with Crippen molar-refractivity contribution in [3.8, 4) is 0 Å². The maximum absolute atomic E-state index is 8.55. The highest BCUT2D eigenvalue weighted by atomic mass is 16.5. The van der Waals surface area contributed by atoms with Gasteiger partial charge in [-0.2, -0.15) is 0 Å². The highest BCUT2D eigenvalue weighted by Crippen LogP contribution is 2.37. The molecule has 0 aliphatic carbocycles. The van der Waals surface area contributed by atoms with E-state index in [-0.39, 0.29) is 12.0 Å². The molecule has 13 heavy (non-hydrogen) atoms. The van der Waals surface area contributed by atoms with Gasteiger partial charge in [-0.3, -0.25) is 0 Å². The van der Waals surface area contributed by atoms with Gasteiger partial charge in [0.25, 0.3) is 0 Å². The van der Waals surface area contributed by atoms with E-state index < -0.39 is 0 Å². The number of aliphatic hydroxyl groups is 1. The van der Waals surface area contributed by atoms with Gasteiger partial charge in [-0.1, -0.05) is 13.5 Å². The number of hydrogen-bond donors (Lipinski definition) is 1. The summed E-state index contributed by atoms with van der Waals surface area (Å²) in [6.07, 6.45) is 1.94. The largest absolute Gasteiger partial charge is 0.496 e. The predicted octanol–water partition coefficient (Wildman–Crippen LogP) is 1.33. The van der Waals surface area contributed by atoms with Gasteiger partial charge in [-0.15, -0.1) is 0 Å². The molecule has 0 unspecified atom stereocenters. The molecule has 0 amide bonds. The van der Waals surface area contributed by atoms with E-state index in [1.54, 1.807) is 0 Å². The Morgan fingerprint density at radius 2 is 2.31 bits per heavy atom. The highest BCUT2D eigenvalue weighted by molar-refractivity contribution is 4.96. The van der Waals surface area contributed by atoms with Crippen molar-refractivity contribution in [2.45, 2.75) is 19.8 Å². The molecule has 0 aromatic heterocycles.